The van der Waals surface area contributed by atoms with E-state index in [2.05, 4.69) is 25.0 Å². The van der Waals surface area contributed by atoms with Crippen molar-refractivity contribution in [1.82, 2.24) is 29.5 Å². The zero-order valence-electron chi connectivity index (χ0n) is 15.4. The fraction of sp³-hybridized carbons (Fsp3) is 0.0476. The molecule has 0 aliphatic carbocycles. The fourth-order valence-electron chi connectivity index (χ4n) is 3.25. The van der Waals surface area contributed by atoms with Gasteiger partial charge < -0.3 is 5.11 Å². The second-order valence-electron chi connectivity index (χ2n) is 6.66. The van der Waals surface area contributed by atoms with Gasteiger partial charge in [-0.3, -0.25) is 9.97 Å². The molecular weight excluding hydrogens is 387 g/mol. The number of carbonyl (C=O) groups is 1. The van der Waals surface area contributed by atoms with Crippen molar-refractivity contribution in [1.29, 1.82) is 0 Å². The average molecular weight is 400 g/mol. The van der Waals surface area contributed by atoms with Crippen LogP contribution in [0.25, 0.3) is 28.1 Å². The largest absolute Gasteiger partial charge is 0.478 e. The van der Waals surface area contributed by atoms with Crippen molar-refractivity contribution < 1.29 is 14.3 Å². The van der Waals surface area contributed by atoms with Crippen molar-refractivity contribution >= 4 is 22.8 Å². The molecule has 0 saturated carbocycles. The third-order valence-corrected chi connectivity index (χ3v) is 4.71. The number of hydrogen-bond donors (Lipinski definition) is 1. The van der Waals surface area contributed by atoms with Gasteiger partial charge in [0.05, 0.1) is 34.7 Å². The van der Waals surface area contributed by atoms with E-state index in [-0.39, 0.29) is 0 Å². The van der Waals surface area contributed by atoms with Gasteiger partial charge in [-0.2, -0.15) is 5.10 Å². The summed E-state index contributed by atoms with van der Waals surface area (Å²) in [6, 6.07) is 9.68. The lowest BCUT2D eigenvalue weighted by atomic mass is 10.1. The zero-order chi connectivity index (χ0) is 20.7. The van der Waals surface area contributed by atoms with Gasteiger partial charge in [0.1, 0.15) is 11.5 Å². The SMILES string of the molecule is O=C(O)c1ccc(-c2cnc3ncc(Cc4ccc5nccnc5c4)n3n2)cc1F. The Bertz CT molecular complexity index is 1430. The summed E-state index contributed by atoms with van der Waals surface area (Å²) in [5.74, 6) is -1.74. The molecule has 1 N–H and O–H groups in total. The van der Waals surface area contributed by atoms with Crippen LogP contribution in [0.4, 0.5) is 4.39 Å². The van der Waals surface area contributed by atoms with E-state index < -0.39 is 17.3 Å². The van der Waals surface area contributed by atoms with Gasteiger partial charge >= 0.3 is 5.97 Å². The molecule has 146 valence electrons. The number of halogens is 1. The highest BCUT2D eigenvalue weighted by atomic mass is 19.1. The molecule has 0 fully saturated rings. The zero-order valence-corrected chi connectivity index (χ0v) is 15.4. The lowest BCUT2D eigenvalue weighted by molar-refractivity contribution is 0.0692. The van der Waals surface area contributed by atoms with E-state index in [0.29, 0.717) is 23.5 Å². The lowest BCUT2D eigenvalue weighted by Crippen LogP contribution is -2.04. The smallest absolute Gasteiger partial charge is 0.338 e. The number of nitrogens with zero attached hydrogens (tertiary/aromatic N) is 6. The number of benzene rings is 2. The summed E-state index contributed by atoms with van der Waals surface area (Å²) < 4.78 is 15.7. The topological polar surface area (TPSA) is 106 Å². The van der Waals surface area contributed by atoms with Crippen LogP contribution in [0.2, 0.25) is 0 Å². The maximum Gasteiger partial charge on any atom is 0.338 e. The van der Waals surface area contributed by atoms with Crippen LogP contribution >= 0.6 is 0 Å². The molecule has 0 amide bonds. The van der Waals surface area contributed by atoms with Gasteiger partial charge in [-0.05, 0) is 29.8 Å². The highest BCUT2D eigenvalue weighted by Crippen LogP contribution is 2.21. The number of aromatic nitrogens is 6. The van der Waals surface area contributed by atoms with Crippen LogP contribution in [0.5, 0.6) is 0 Å². The summed E-state index contributed by atoms with van der Waals surface area (Å²) in [5, 5.41) is 13.5. The van der Waals surface area contributed by atoms with E-state index in [9.17, 15) is 9.18 Å². The monoisotopic (exact) mass is 400 g/mol. The van der Waals surface area contributed by atoms with Crippen molar-refractivity contribution in [2.75, 3.05) is 0 Å². The van der Waals surface area contributed by atoms with Gasteiger partial charge in [-0.1, -0.05) is 12.1 Å². The van der Waals surface area contributed by atoms with Crippen LogP contribution in [0.15, 0.2) is 61.2 Å². The maximum atomic E-state index is 14.1. The normalized spacial score (nSPS) is 11.2. The molecule has 0 unspecified atom stereocenters. The van der Waals surface area contributed by atoms with Crippen LogP contribution in [-0.2, 0) is 6.42 Å². The molecule has 9 heteroatoms. The summed E-state index contributed by atoms with van der Waals surface area (Å²) in [6.45, 7) is 0. The number of carboxylic acids is 1. The molecule has 0 saturated heterocycles. The standard InChI is InChI=1S/C21H13FN6O2/c22-16-9-13(2-3-15(16)20(29)30)19-11-26-21-25-10-14(28(21)27-19)7-12-1-4-17-18(8-12)24-6-5-23-17/h1-6,8-11H,7H2,(H,29,30). The van der Waals surface area contributed by atoms with Gasteiger partial charge in [0.2, 0.25) is 0 Å². The second-order valence-corrected chi connectivity index (χ2v) is 6.66. The van der Waals surface area contributed by atoms with E-state index in [0.717, 1.165) is 28.4 Å². The summed E-state index contributed by atoms with van der Waals surface area (Å²) in [7, 11) is 0. The number of imidazole rings is 1. The Balaban J connectivity index is 1.52. The van der Waals surface area contributed by atoms with Crippen molar-refractivity contribution in [2.24, 2.45) is 0 Å². The van der Waals surface area contributed by atoms with E-state index >= 15 is 0 Å². The predicted octanol–water partition coefficient (Wildman–Crippen LogP) is 3.16. The number of fused-ring (bicyclic) bond motifs is 2. The van der Waals surface area contributed by atoms with E-state index in [1.807, 2.05) is 18.2 Å². The van der Waals surface area contributed by atoms with E-state index in [4.69, 9.17) is 5.11 Å². The summed E-state index contributed by atoms with van der Waals surface area (Å²) >= 11 is 0. The molecule has 3 aromatic heterocycles. The minimum absolute atomic E-state index is 0.393. The van der Waals surface area contributed by atoms with Crippen LogP contribution in [-0.4, -0.2) is 40.6 Å². The van der Waals surface area contributed by atoms with Crippen LogP contribution < -0.4 is 0 Å². The van der Waals surface area contributed by atoms with Crippen molar-refractivity contribution in [3.8, 4) is 11.3 Å². The third kappa shape index (κ3) is 3.12. The summed E-state index contributed by atoms with van der Waals surface area (Å²) in [5.41, 5.74) is 3.85. The van der Waals surface area contributed by atoms with Crippen molar-refractivity contribution in [3.63, 3.8) is 0 Å². The third-order valence-electron chi connectivity index (χ3n) is 4.71. The Morgan fingerprint density at radius 3 is 2.57 bits per heavy atom. The van der Waals surface area contributed by atoms with Crippen molar-refractivity contribution in [2.45, 2.75) is 6.42 Å². The molecule has 0 aliphatic heterocycles. The van der Waals surface area contributed by atoms with Crippen LogP contribution in [0.3, 0.4) is 0 Å². The number of hydrogen-bond acceptors (Lipinski definition) is 6. The van der Waals surface area contributed by atoms with Gasteiger partial charge in [-0.25, -0.2) is 23.7 Å². The predicted molar refractivity (Wildman–Crippen MR) is 105 cm³/mol. The van der Waals surface area contributed by atoms with Crippen LogP contribution in [0.1, 0.15) is 21.6 Å². The molecule has 5 aromatic rings. The molecule has 8 nitrogen and oxygen atoms in total. The van der Waals surface area contributed by atoms with Gasteiger partial charge in [0, 0.05) is 24.4 Å². The number of carboxylic acid groups (broad SMARTS) is 1. The minimum atomic E-state index is -1.32. The number of rotatable bonds is 4. The Labute approximate surface area is 168 Å². The Morgan fingerprint density at radius 1 is 0.967 bits per heavy atom. The van der Waals surface area contributed by atoms with Crippen molar-refractivity contribution in [3.05, 3.63) is 83.8 Å². The Morgan fingerprint density at radius 2 is 1.77 bits per heavy atom. The molecule has 2 aromatic carbocycles. The molecular formula is C21H13FN6O2. The Hall–Kier alpha value is -4.27. The molecule has 30 heavy (non-hydrogen) atoms. The maximum absolute atomic E-state index is 14.1. The molecule has 0 radical (unpaired) electrons. The summed E-state index contributed by atoms with van der Waals surface area (Å²) in [6.07, 6.45) is 7.00. The fourth-order valence-corrected chi connectivity index (χ4v) is 3.25. The highest BCUT2D eigenvalue weighted by Gasteiger charge is 2.14. The molecule has 0 bridgehead atoms. The molecule has 0 spiro atoms. The summed E-state index contributed by atoms with van der Waals surface area (Å²) in [4.78, 5) is 28.2. The second kappa shape index (κ2) is 6.96. The first kappa shape index (κ1) is 17.8. The van der Waals surface area contributed by atoms with Gasteiger partial charge in [0.25, 0.3) is 5.78 Å². The minimum Gasteiger partial charge on any atom is -0.478 e. The first-order valence-electron chi connectivity index (χ1n) is 9.01. The highest BCUT2D eigenvalue weighted by molar-refractivity contribution is 5.88. The molecule has 0 atom stereocenters. The lowest BCUT2D eigenvalue weighted by Gasteiger charge is -2.06. The average Bonchev–Trinajstić information content (AvgIpc) is 3.15. The van der Waals surface area contributed by atoms with Gasteiger partial charge in [-0.15, -0.1) is 0 Å². The molecule has 3 heterocycles. The molecule has 5 rings (SSSR count). The van der Waals surface area contributed by atoms with Gasteiger partial charge in [0.15, 0.2) is 0 Å². The van der Waals surface area contributed by atoms with E-state index in [1.165, 1.54) is 18.3 Å². The number of aromatic carboxylic acids is 1. The first-order valence-corrected chi connectivity index (χ1v) is 9.01. The van der Waals surface area contributed by atoms with E-state index in [1.54, 1.807) is 23.1 Å². The first-order chi connectivity index (χ1) is 14.6. The van der Waals surface area contributed by atoms with Crippen LogP contribution in [0, 0.1) is 5.82 Å². The Kier molecular flexibility index (Phi) is 4.13. The quantitative estimate of drug-likeness (QED) is 0.494. The molecule has 0 aliphatic rings.